The summed E-state index contributed by atoms with van der Waals surface area (Å²) in [5.41, 5.74) is 2.67. The van der Waals surface area contributed by atoms with Crippen LogP contribution >= 0.6 is 0 Å². The molecule has 148 valence electrons. The minimum absolute atomic E-state index is 0.754. The Balaban J connectivity index is 1.87. The fraction of sp³-hybridized carbons (Fsp3) is 0.550. The van der Waals surface area contributed by atoms with E-state index in [1.165, 1.54) is 11.1 Å². The van der Waals surface area contributed by atoms with Crippen LogP contribution in [-0.4, -0.2) is 52.3 Å². The second-order valence-corrected chi connectivity index (χ2v) is 6.38. The van der Waals surface area contributed by atoms with Crippen LogP contribution in [0.2, 0.25) is 0 Å². The van der Waals surface area contributed by atoms with E-state index in [-0.39, 0.29) is 0 Å². The summed E-state index contributed by atoms with van der Waals surface area (Å²) < 4.78 is 2.07. The minimum atomic E-state index is 0.754. The highest BCUT2D eigenvalue weighted by Crippen LogP contribution is 2.11. The summed E-state index contributed by atoms with van der Waals surface area (Å²) in [5, 5.41) is 14.9. The van der Waals surface area contributed by atoms with Gasteiger partial charge >= 0.3 is 0 Å². The van der Waals surface area contributed by atoms with E-state index in [9.17, 15) is 0 Å². The molecule has 0 aliphatic rings. The molecular weight excluding hydrogens is 338 g/mol. The number of guanidine groups is 1. The third-order valence-corrected chi connectivity index (χ3v) is 4.73. The number of nitrogens with one attached hydrogen (secondary N) is 2. The zero-order valence-electron chi connectivity index (χ0n) is 17.1. The number of aryl methyl sites for hydroxylation is 1. The molecule has 2 N–H and O–H groups in total. The molecule has 0 fully saturated rings. The van der Waals surface area contributed by atoms with Crippen molar-refractivity contribution in [3.05, 3.63) is 47.5 Å². The maximum atomic E-state index is 4.33. The van der Waals surface area contributed by atoms with Crippen molar-refractivity contribution in [1.82, 2.24) is 30.3 Å². The summed E-state index contributed by atoms with van der Waals surface area (Å²) in [4.78, 5) is 6.76. The highest BCUT2D eigenvalue weighted by molar-refractivity contribution is 5.79. The van der Waals surface area contributed by atoms with Gasteiger partial charge in [0, 0.05) is 39.6 Å². The van der Waals surface area contributed by atoms with Gasteiger partial charge in [0.2, 0.25) is 0 Å². The Labute approximate surface area is 162 Å². The first kappa shape index (κ1) is 20.9. The lowest BCUT2D eigenvalue weighted by Gasteiger charge is -2.20. The average molecular weight is 372 g/mol. The monoisotopic (exact) mass is 371 g/mol. The summed E-state index contributed by atoms with van der Waals surface area (Å²) in [6.07, 6.45) is 2.66. The largest absolute Gasteiger partial charge is 0.355 e. The second kappa shape index (κ2) is 11.3. The fourth-order valence-corrected chi connectivity index (χ4v) is 3.01. The minimum Gasteiger partial charge on any atom is -0.355 e. The van der Waals surface area contributed by atoms with Crippen molar-refractivity contribution >= 4 is 5.96 Å². The fourth-order valence-electron chi connectivity index (χ4n) is 3.01. The van der Waals surface area contributed by atoms with Crippen LogP contribution in [0.4, 0.5) is 0 Å². The molecule has 0 amide bonds. The zero-order chi connectivity index (χ0) is 19.5. The predicted molar refractivity (Wildman–Crippen MR) is 111 cm³/mol. The highest BCUT2D eigenvalue weighted by Gasteiger charge is 2.07. The Morgan fingerprint density at radius 2 is 1.85 bits per heavy atom. The molecule has 0 unspecified atom stereocenters. The third kappa shape index (κ3) is 6.36. The maximum Gasteiger partial charge on any atom is 0.191 e. The van der Waals surface area contributed by atoms with Crippen molar-refractivity contribution in [2.75, 3.05) is 26.7 Å². The lowest BCUT2D eigenvalue weighted by atomic mass is 10.1. The van der Waals surface area contributed by atoms with Crippen molar-refractivity contribution in [3.63, 3.8) is 0 Å². The molecular formula is C20H33N7. The lowest BCUT2D eigenvalue weighted by molar-refractivity contribution is 0.295. The molecule has 0 saturated carbocycles. The molecule has 1 aromatic heterocycles. The van der Waals surface area contributed by atoms with Crippen LogP contribution in [0.3, 0.4) is 0 Å². The van der Waals surface area contributed by atoms with Crippen molar-refractivity contribution in [2.45, 2.75) is 46.8 Å². The number of aromatic nitrogens is 3. The number of rotatable bonds is 10. The van der Waals surface area contributed by atoms with Gasteiger partial charge in [-0.2, -0.15) is 0 Å². The Hall–Kier alpha value is -2.41. The lowest BCUT2D eigenvalue weighted by Crippen LogP contribution is -2.38. The molecule has 7 heteroatoms. The summed E-state index contributed by atoms with van der Waals surface area (Å²) in [6.45, 7) is 11.9. The summed E-state index contributed by atoms with van der Waals surface area (Å²) in [5.74, 6) is 1.81. The Kier molecular flexibility index (Phi) is 8.77. The molecule has 0 saturated heterocycles. The summed E-state index contributed by atoms with van der Waals surface area (Å²) >= 11 is 0. The maximum absolute atomic E-state index is 4.33. The summed E-state index contributed by atoms with van der Waals surface area (Å²) in [7, 11) is 1.80. The van der Waals surface area contributed by atoms with Gasteiger partial charge in [-0.05, 0) is 24.2 Å². The first-order valence-electron chi connectivity index (χ1n) is 9.82. The zero-order valence-corrected chi connectivity index (χ0v) is 17.1. The van der Waals surface area contributed by atoms with Crippen molar-refractivity contribution in [3.8, 4) is 0 Å². The van der Waals surface area contributed by atoms with E-state index < -0.39 is 0 Å². The van der Waals surface area contributed by atoms with Gasteiger partial charge in [-0.25, -0.2) is 0 Å². The van der Waals surface area contributed by atoms with Gasteiger partial charge in [0.1, 0.15) is 12.2 Å². The van der Waals surface area contributed by atoms with Gasteiger partial charge in [0.05, 0.1) is 0 Å². The molecule has 2 rings (SSSR count). The van der Waals surface area contributed by atoms with Gasteiger partial charge in [0.25, 0.3) is 0 Å². The van der Waals surface area contributed by atoms with Crippen LogP contribution in [0, 0.1) is 0 Å². The molecule has 0 spiro atoms. The molecule has 0 bridgehead atoms. The number of aliphatic imine (C=N–C) groups is 1. The average Bonchev–Trinajstić information content (AvgIpc) is 3.17. The predicted octanol–water partition coefficient (Wildman–Crippen LogP) is 2.05. The molecule has 1 aromatic carbocycles. The van der Waals surface area contributed by atoms with Crippen LogP contribution in [-0.2, 0) is 26.1 Å². The Morgan fingerprint density at radius 1 is 1.11 bits per heavy atom. The standard InChI is InChI=1S/C20H33N7/c1-5-19-25-24-16-27(19)13-12-22-20(21-4)23-14-17-10-8-9-11-18(17)15-26(6-2)7-3/h8-11,16H,5-7,12-15H2,1-4H3,(H2,21,22,23). The first-order valence-corrected chi connectivity index (χ1v) is 9.82. The van der Waals surface area contributed by atoms with E-state index in [2.05, 4.69) is 80.3 Å². The van der Waals surface area contributed by atoms with Crippen molar-refractivity contribution in [2.24, 2.45) is 4.99 Å². The molecule has 27 heavy (non-hydrogen) atoms. The molecule has 0 aliphatic carbocycles. The SMILES string of the molecule is CCc1nncn1CCNC(=NC)NCc1ccccc1CN(CC)CC. The number of nitrogens with zero attached hydrogens (tertiary/aromatic N) is 5. The third-order valence-electron chi connectivity index (χ3n) is 4.73. The molecule has 0 atom stereocenters. The van der Waals surface area contributed by atoms with E-state index >= 15 is 0 Å². The number of hydrogen-bond donors (Lipinski definition) is 2. The highest BCUT2D eigenvalue weighted by atomic mass is 15.3. The van der Waals surface area contributed by atoms with Gasteiger partial charge in [-0.3, -0.25) is 9.89 Å². The van der Waals surface area contributed by atoms with Gasteiger partial charge in [0.15, 0.2) is 5.96 Å². The Morgan fingerprint density at radius 3 is 2.52 bits per heavy atom. The number of benzene rings is 1. The smallest absolute Gasteiger partial charge is 0.191 e. The Bertz CT molecular complexity index is 704. The molecule has 7 nitrogen and oxygen atoms in total. The summed E-state index contributed by atoms with van der Waals surface area (Å²) in [6, 6.07) is 8.60. The quantitative estimate of drug-likeness (QED) is 0.494. The van der Waals surface area contributed by atoms with E-state index in [1.807, 2.05) is 0 Å². The second-order valence-electron chi connectivity index (χ2n) is 6.38. The van der Waals surface area contributed by atoms with Crippen LogP contribution in [0.15, 0.2) is 35.6 Å². The van der Waals surface area contributed by atoms with Crippen LogP contribution in [0.25, 0.3) is 0 Å². The molecule has 0 radical (unpaired) electrons. The molecule has 2 aromatic rings. The van der Waals surface area contributed by atoms with Crippen molar-refractivity contribution in [1.29, 1.82) is 0 Å². The van der Waals surface area contributed by atoms with Gasteiger partial charge in [-0.15, -0.1) is 10.2 Å². The van der Waals surface area contributed by atoms with Crippen LogP contribution in [0.1, 0.15) is 37.7 Å². The van der Waals surface area contributed by atoms with Gasteiger partial charge in [-0.1, -0.05) is 45.0 Å². The molecule has 0 aliphatic heterocycles. The van der Waals surface area contributed by atoms with Gasteiger partial charge < -0.3 is 15.2 Å². The van der Waals surface area contributed by atoms with E-state index in [1.54, 1.807) is 13.4 Å². The topological polar surface area (TPSA) is 70.4 Å². The van der Waals surface area contributed by atoms with Crippen molar-refractivity contribution < 1.29 is 0 Å². The molecule has 1 heterocycles. The normalized spacial score (nSPS) is 11.8. The van der Waals surface area contributed by atoms with Crippen LogP contribution in [0.5, 0.6) is 0 Å². The number of hydrogen-bond acceptors (Lipinski definition) is 4. The van der Waals surface area contributed by atoms with E-state index in [0.717, 1.165) is 57.5 Å². The van der Waals surface area contributed by atoms with E-state index in [4.69, 9.17) is 0 Å². The first-order chi connectivity index (χ1) is 13.2. The van der Waals surface area contributed by atoms with Crippen LogP contribution < -0.4 is 10.6 Å². The van der Waals surface area contributed by atoms with E-state index in [0.29, 0.717) is 0 Å².